The molecule has 0 spiro atoms. The predicted octanol–water partition coefficient (Wildman–Crippen LogP) is 3.10. The second kappa shape index (κ2) is 3.86. The lowest BCUT2D eigenvalue weighted by molar-refractivity contribution is -0.139. The monoisotopic (exact) mass is 261 g/mol. The van der Waals surface area contributed by atoms with Gasteiger partial charge in [0.05, 0.1) is 22.3 Å². The maximum absolute atomic E-state index is 13.7. The number of benzene rings is 1. The van der Waals surface area contributed by atoms with Crippen LogP contribution in [0.2, 0.25) is 0 Å². The number of aromatic nitrogens is 2. The van der Waals surface area contributed by atoms with E-state index >= 15 is 0 Å². The van der Waals surface area contributed by atoms with Crippen molar-refractivity contribution in [2.75, 3.05) is 5.73 Å². The molecule has 0 aliphatic carbocycles. The molecule has 0 aliphatic heterocycles. The van der Waals surface area contributed by atoms with Crippen LogP contribution in [0, 0.1) is 12.7 Å². The zero-order valence-corrected chi connectivity index (χ0v) is 9.77. The third-order valence-electron chi connectivity index (χ3n) is 2.82. The number of halogens is 4. The van der Waals surface area contributed by atoms with E-state index in [2.05, 4.69) is 4.98 Å². The number of hydrogen-bond donors (Lipinski definition) is 1. The Labute approximate surface area is 100 Å². The van der Waals surface area contributed by atoms with Crippen molar-refractivity contribution in [3.05, 3.63) is 23.3 Å². The molecular formula is C11H11F4N3. The van der Waals surface area contributed by atoms with Gasteiger partial charge >= 0.3 is 6.18 Å². The number of alkyl halides is 3. The van der Waals surface area contributed by atoms with Gasteiger partial charge in [-0.15, -0.1) is 0 Å². The maximum atomic E-state index is 13.7. The van der Waals surface area contributed by atoms with Crippen LogP contribution >= 0.6 is 0 Å². The van der Waals surface area contributed by atoms with Crippen molar-refractivity contribution >= 4 is 16.7 Å². The van der Waals surface area contributed by atoms with Crippen molar-refractivity contribution in [3.8, 4) is 0 Å². The molecule has 7 heteroatoms. The molecule has 0 unspecified atom stereocenters. The molecule has 2 rings (SSSR count). The molecule has 2 N–H and O–H groups in total. The van der Waals surface area contributed by atoms with E-state index < -0.39 is 23.2 Å². The van der Waals surface area contributed by atoms with Crippen molar-refractivity contribution in [3.63, 3.8) is 0 Å². The van der Waals surface area contributed by atoms with E-state index in [1.54, 1.807) is 18.4 Å². The van der Waals surface area contributed by atoms with Gasteiger partial charge in [-0.3, -0.25) is 0 Å². The summed E-state index contributed by atoms with van der Waals surface area (Å²) >= 11 is 0. The minimum atomic E-state index is -4.78. The highest BCUT2D eigenvalue weighted by Gasteiger charge is 2.36. The van der Waals surface area contributed by atoms with Gasteiger partial charge in [0.1, 0.15) is 5.82 Å². The van der Waals surface area contributed by atoms with E-state index in [9.17, 15) is 17.6 Å². The zero-order valence-electron chi connectivity index (χ0n) is 9.77. The molecule has 0 radical (unpaired) electrons. The minimum absolute atomic E-state index is 0.0561. The quantitative estimate of drug-likeness (QED) is 0.633. The molecule has 0 amide bonds. The zero-order chi connectivity index (χ0) is 13.7. The van der Waals surface area contributed by atoms with Crippen LogP contribution in [-0.4, -0.2) is 9.55 Å². The smallest absolute Gasteiger partial charge is 0.395 e. The Morgan fingerprint density at radius 2 is 2.00 bits per heavy atom. The second-order valence-electron chi connectivity index (χ2n) is 3.92. The molecule has 18 heavy (non-hydrogen) atoms. The van der Waals surface area contributed by atoms with Gasteiger partial charge in [-0.05, 0) is 19.9 Å². The number of nitrogen functional groups attached to an aromatic ring is 1. The summed E-state index contributed by atoms with van der Waals surface area (Å²) in [5, 5.41) is 0. The molecule has 0 saturated carbocycles. The SMILES string of the molecule is CCn1c(C)nc2cc(C(F)(F)F)c(F)c(N)c21. The van der Waals surface area contributed by atoms with Gasteiger partial charge in [-0.2, -0.15) is 13.2 Å². The van der Waals surface area contributed by atoms with Gasteiger partial charge in [0.15, 0.2) is 5.82 Å². The van der Waals surface area contributed by atoms with Gasteiger partial charge < -0.3 is 10.3 Å². The standard InChI is InChI=1S/C11H11F4N3/c1-3-18-5(2)17-7-4-6(11(13,14)15)8(12)9(16)10(7)18/h4H,3,16H2,1-2H3. The third kappa shape index (κ3) is 1.70. The molecule has 0 bridgehead atoms. The topological polar surface area (TPSA) is 43.8 Å². The van der Waals surface area contributed by atoms with Crippen LogP contribution in [0.25, 0.3) is 11.0 Å². The highest BCUT2D eigenvalue weighted by Crippen LogP contribution is 2.37. The van der Waals surface area contributed by atoms with Crippen LogP contribution < -0.4 is 5.73 Å². The van der Waals surface area contributed by atoms with E-state index in [-0.39, 0.29) is 11.0 Å². The summed E-state index contributed by atoms with van der Waals surface area (Å²) in [7, 11) is 0. The van der Waals surface area contributed by atoms with Crippen molar-refractivity contribution in [1.82, 2.24) is 9.55 Å². The van der Waals surface area contributed by atoms with Crippen LogP contribution in [0.5, 0.6) is 0 Å². The summed E-state index contributed by atoms with van der Waals surface area (Å²) in [6.45, 7) is 3.87. The Balaban J connectivity index is 2.88. The van der Waals surface area contributed by atoms with Crippen molar-refractivity contribution in [1.29, 1.82) is 0 Å². The van der Waals surface area contributed by atoms with Gasteiger partial charge in [0.25, 0.3) is 0 Å². The highest BCUT2D eigenvalue weighted by molar-refractivity contribution is 5.89. The normalized spacial score (nSPS) is 12.3. The summed E-state index contributed by atoms with van der Waals surface area (Å²) in [6, 6.07) is 0.695. The molecule has 2 aromatic rings. The van der Waals surface area contributed by atoms with E-state index in [1.807, 2.05) is 0 Å². The number of hydrogen-bond acceptors (Lipinski definition) is 2. The van der Waals surface area contributed by atoms with Crippen molar-refractivity contribution in [2.45, 2.75) is 26.6 Å². The lowest BCUT2D eigenvalue weighted by Gasteiger charge is -2.11. The van der Waals surface area contributed by atoms with E-state index in [4.69, 9.17) is 5.73 Å². The largest absolute Gasteiger partial charge is 0.419 e. The molecule has 1 heterocycles. The fraction of sp³-hybridized carbons (Fsp3) is 0.364. The summed E-state index contributed by atoms with van der Waals surface area (Å²) < 4.78 is 53.1. The average Bonchev–Trinajstić information content (AvgIpc) is 2.58. The Morgan fingerprint density at radius 1 is 1.39 bits per heavy atom. The fourth-order valence-corrected chi connectivity index (χ4v) is 2.01. The molecule has 1 aromatic carbocycles. The van der Waals surface area contributed by atoms with Crippen molar-refractivity contribution < 1.29 is 17.6 Å². The summed E-state index contributed by atoms with van der Waals surface area (Å²) in [5.41, 5.74) is 3.84. The van der Waals surface area contributed by atoms with Crippen LogP contribution in [0.3, 0.4) is 0 Å². The lowest BCUT2D eigenvalue weighted by atomic mass is 10.1. The van der Waals surface area contributed by atoms with E-state index in [0.29, 0.717) is 18.4 Å². The number of rotatable bonds is 1. The lowest BCUT2D eigenvalue weighted by Crippen LogP contribution is -2.11. The Hall–Kier alpha value is -1.79. The molecule has 0 atom stereocenters. The van der Waals surface area contributed by atoms with Gasteiger partial charge in [0.2, 0.25) is 0 Å². The summed E-state index contributed by atoms with van der Waals surface area (Å²) in [4.78, 5) is 3.98. The first-order valence-electron chi connectivity index (χ1n) is 5.29. The summed E-state index contributed by atoms with van der Waals surface area (Å²) in [6.07, 6.45) is -4.78. The molecule has 0 aliphatic rings. The average molecular weight is 261 g/mol. The Bertz CT molecular complexity index is 613. The molecule has 1 aromatic heterocycles. The Kier molecular flexibility index (Phi) is 2.71. The number of imidazole rings is 1. The summed E-state index contributed by atoms with van der Waals surface area (Å²) in [5.74, 6) is -0.942. The number of nitrogens with two attached hydrogens (primary N) is 1. The maximum Gasteiger partial charge on any atom is 0.419 e. The third-order valence-corrected chi connectivity index (χ3v) is 2.82. The second-order valence-corrected chi connectivity index (χ2v) is 3.92. The Morgan fingerprint density at radius 3 is 2.50 bits per heavy atom. The number of anilines is 1. The van der Waals surface area contributed by atoms with Gasteiger partial charge in [-0.25, -0.2) is 9.37 Å². The molecule has 0 fully saturated rings. The first-order valence-corrected chi connectivity index (χ1v) is 5.29. The van der Waals surface area contributed by atoms with Crippen LogP contribution in [0.1, 0.15) is 18.3 Å². The van der Waals surface area contributed by atoms with Crippen LogP contribution in [0.15, 0.2) is 6.07 Å². The fourth-order valence-electron chi connectivity index (χ4n) is 2.01. The number of nitrogens with zero attached hydrogens (tertiary/aromatic N) is 2. The van der Waals surface area contributed by atoms with E-state index in [0.717, 1.165) is 0 Å². The first-order chi connectivity index (χ1) is 8.27. The number of fused-ring (bicyclic) bond motifs is 1. The predicted molar refractivity (Wildman–Crippen MR) is 59.5 cm³/mol. The first kappa shape index (κ1) is 12.7. The minimum Gasteiger partial charge on any atom is -0.395 e. The molecule has 3 nitrogen and oxygen atoms in total. The van der Waals surface area contributed by atoms with Crippen LogP contribution in [-0.2, 0) is 12.7 Å². The molecular weight excluding hydrogens is 250 g/mol. The van der Waals surface area contributed by atoms with Crippen molar-refractivity contribution in [2.24, 2.45) is 0 Å². The number of aryl methyl sites for hydroxylation is 2. The van der Waals surface area contributed by atoms with Crippen LogP contribution in [0.4, 0.5) is 23.2 Å². The highest BCUT2D eigenvalue weighted by atomic mass is 19.4. The molecule has 0 saturated heterocycles. The van der Waals surface area contributed by atoms with E-state index in [1.165, 1.54) is 0 Å². The van der Waals surface area contributed by atoms with Gasteiger partial charge in [-0.1, -0.05) is 0 Å². The molecule has 98 valence electrons. The van der Waals surface area contributed by atoms with Gasteiger partial charge in [0, 0.05) is 6.54 Å².